The van der Waals surface area contributed by atoms with Gasteiger partial charge in [-0.3, -0.25) is 0 Å². The Balaban J connectivity index is 1.75. The summed E-state index contributed by atoms with van der Waals surface area (Å²) in [5, 5.41) is 6.91. The number of nitrogens with two attached hydrogens (primary N) is 1. The number of nitrogen functional groups attached to an aromatic ring is 1. The van der Waals surface area contributed by atoms with E-state index in [9.17, 15) is 0 Å². The smallest absolute Gasteiger partial charge is 0.230 e. The molecular formula is C16H15ClN2OS. The van der Waals surface area contributed by atoms with Gasteiger partial charge in [-0.2, -0.15) is 0 Å². The topological polar surface area (TPSA) is 52.0 Å². The minimum Gasteiger partial charge on any atom is -0.367 e. The second-order valence-electron chi connectivity index (χ2n) is 4.81. The normalized spacial score (nSPS) is 10.9. The van der Waals surface area contributed by atoms with Crippen LogP contribution in [0.1, 0.15) is 17.0 Å². The number of hydrogen-bond acceptors (Lipinski definition) is 4. The molecule has 2 heterocycles. The predicted octanol–water partition coefficient (Wildman–Crippen LogP) is 4.81. The highest BCUT2D eigenvalue weighted by Gasteiger charge is 2.15. The van der Waals surface area contributed by atoms with E-state index in [2.05, 4.69) is 22.7 Å². The molecule has 3 rings (SSSR count). The first-order valence-electron chi connectivity index (χ1n) is 6.76. The van der Waals surface area contributed by atoms with Gasteiger partial charge in [0.1, 0.15) is 0 Å². The molecule has 21 heavy (non-hydrogen) atoms. The van der Waals surface area contributed by atoms with Crippen LogP contribution in [0.3, 0.4) is 0 Å². The third kappa shape index (κ3) is 3.28. The average Bonchev–Trinajstić information content (AvgIpc) is 3.11. The lowest BCUT2D eigenvalue weighted by Gasteiger charge is -2.03. The van der Waals surface area contributed by atoms with Gasteiger partial charge in [0.15, 0.2) is 0 Å². The molecule has 0 fully saturated rings. The van der Waals surface area contributed by atoms with Crippen LogP contribution in [-0.2, 0) is 12.8 Å². The molecule has 0 bridgehead atoms. The van der Waals surface area contributed by atoms with Gasteiger partial charge in [0.05, 0.1) is 11.3 Å². The third-order valence-electron chi connectivity index (χ3n) is 3.34. The number of halogens is 1. The molecule has 0 unspecified atom stereocenters. The Hall–Kier alpha value is -1.78. The predicted molar refractivity (Wildman–Crippen MR) is 87.7 cm³/mol. The van der Waals surface area contributed by atoms with Gasteiger partial charge >= 0.3 is 0 Å². The van der Waals surface area contributed by atoms with Crippen LogP contribution < -0.4 is 5.73 Å². The van der Waals surface area contributed by atoms with Crippen LogP contribution in [0, 0.1) is 0 Å². The van der Waals surface area contributed by atoms with E-state index in [1.165, 1.54) is 4.88 Å². The number of nitrogens with zero attached hydrogens (tertiary/aromatic N) is 1. The van der Waals surface area contributed by atoms with Crippen LogP contribution in [0.5, 0.6) is 0 Å². The number of rotatable bonds is 5. The van der Waals surface area contributed by atoms with Crippen molar-refractivity contribution >= 4 is 28.8 Å². The van der Waals surface area contributed by atoms with Crippen molar-refractivity contribution in [1.82, 2.24) is 5.16 Å². The zero-order valence-corrected chi connectivity index (χ0v) is 13.0. The Morgan fingerprint density at radius 2 is 1.95 bits per heavy atom. The number of benzene rings is 1. The first-order valence-corrected chi connectivity index (χ1v) is 8.02. The molecule has 5 heteroatoms. The number of aryl methyl sites for hydroxylation is 2. The molecule has 0 aliphatic rings. The number of thiophene rings is 1. The summed E-state index contributed by atoms with van der Waals surface area (Å²) in [5.41, 5.74) is 8.70. The molecule has 3 aromatic rings. The molecule has 0 aliphatic heterocycles. The van der Waals surface area contributed by atoms with E-state index < -0.39 is 0 Å². The summed E-state index contributed by atoms with van der Waals surface area (Å²) in [7, 11) is 0. The summed E-state index contributed by atoms with van der Waals surface area (Å²) in [6.07, 6.45) is 2.91. The standard InChI is InChI=1S/C16H15ClN2OS/c17-12-8-6-11(7-9-12)15-14(19-20-16(15)18)5-1-3-13-4-2-10-21-13/h2,4,6-10H,1,3,5,18H2. The van der Waals surface area contributed by atoms with Gasteiger partial charge in [0.2, 0.25) is 5.88 Å². The van der Waals surface area contributed by atoms with Gasteiger partial charge in [0, 0.05) is 9.90 Å². The molecule has 0 saturated heterocycles. The molecule has 2 aromatic heterocycles. The monoisotopic (exact) mass is 318 g/mol. The van der Waals surface area contributed by atoms with Crippen molar-refractivity contribution in [2.45, 2.75) is 19.3 Å². The number of anilines is 1. The third-order valence-corrected chi connectivity index (χ3v) is 4.53. The summed E-state index contributed by atoms with van der Waals surface area (Å²) in [6.45, 7) is 0. The van der Waals surface area contributed by atoms with Gasteiger partial charge in [0.25, 0.3) is 0 Å². The van der Waals surface area contributed by atoms with Crippen molar-refractivity contribution in [3.8, 4) is 11.1 Å². The minimum absolute atomic E-state index is 0.364. The summed E-state index contributed by atoms with van der Waals surface area (Å²) in [5.74, 6) is 0.364. The van der Waals surface area contributed by atoms with Crippen LogP contribution in [0.15, 0.2) is 46.3 Å². The van der Waals surface area contributed by atoms with Gasteiger partial charge in [-0.25, -0.2) is 0 Å². The molecule has 2 N–H and O–H groups in total. The summed E-state index contributed by atoms with van der Waals surface area (Å²) >= 11 is 7.71. The van der Waals surface area contributed by atoms with Crippen molar-refractivity contribution in [3.63, 3.8) is 0 Å². The largest absolute Gasteiger partial charge is 0.367 e. The second kappa shape index (κ2) is 6.33. The molecule has 0 radical (unpaired) electrons. The maximum atomic E-state index is 5.92. The zero-order chi connectivity index (χ0) is 14.7. The fourth-order valence-electron chi connectivity index (χ4n) is 2.32. The Morgan fingerprint density at radius 3 is 2.67 bits per heavy atom. The van der Waals surface area contributed by atoms with E-state index >= 15 is 0 Å². The fourth-order valence-corrected chi connectivity index (χ4v) is 3.20. The Morgan fingerprint density at radius 1 is 1.14 bits per heavy atom. The number of aromatic nitrogens is 1. The van der Waals surface area contributed by atoms with E-state index in [4.69, 9.17) is 21.9 Å². The van der Waals surface area contributed by atoms with Crippen molar-refractivity contribution < 1.29 is 4.52 Å². The van der Waals surface area contributed by atoms with E-state index in [-0.39, 0.29) is 0 Å². The van der Waals surface area contributed by atoms with Gasteiger partial charge in [-0.05, 0) is 48.4 Å². The Kier molecular flexibility index (Phi) is 4.27. The van der Waals surface area contributed by atoms with Crippen LogP contribution in [0.2, 0.25) is 5.02 Å². The lowest BCUT2D eigenvalue weighted by Crippen LogP contribution is -1.93. The molecule has 0 spiro atoms. The van der Waals surface area contributed by atoms with Crippen molar-refractivity contribution in [1.29, 1.82) is 0 Å². The maximum absolute atomic E-state index is 5.92. The van der Waals surface area contributed by atoms with Crippen LogP contribution in [0.4, 0.5) is 5.88 Å². The summed E-state index contributed by atoms with van der Waals surface area (Å²) in [4.78, 5) is 1.39. The lowest BCUT2D eigenvalue weighted by atomic mass is 10.0. The van der Waals surface area contributed by atoms with E-state index in [0.717, 1.165) is 36.1 Å². The van der Waals surface area contributed by atoms with Crippen LogP contribution in [-0.4, -0.2) is 5.16 Å². The molecule has 3 nitrogen and oxygen atoms in total. The summed E-state index contributed by atoms with van der Waals surface area (Å²) in [6, 6.07) is 11.8. The Bertz CT molecular complexity index is 704. The first kappa shape index (κ1) is 14.2. The van der Waals surface area contributed by atoms with E-state index in [1.807, 2.05) is 24.3 Å². The van der Waals surface area contributed by atoms with E-state index in [0.29, 0.717) is 10.9 Å². The van der Waals surface area contributed by atoms with Crippen LogP contribution >= 0.6 is 22.9 Å². The molecule has 0 amide bonds. The van der Waals surface area contributed by atoms with Crippen molar-refractivity contribution in [2.24, 2.45) is 0 Å². The fraction of sp³-hybridized carbons (Fsp3) is 0.188. The molecular weight excluding hydrogens is 304 g/mol. The van der Waals surface area contributed by atoms with Crippen molar-refractivity contribution in [3.05, 3.63) is 57.4 Å². The molecule has 0 aliphatic carbocycles. The van der Waals surface area contributed by atoms with Gasteiger partial charge < -0.3 is 10.3 Å². The van der Waals surface area contributed by atoms with Gasteiger partial charge in [-0.1, -0.05) is 35.0 Å². The number of hydrogen-bond donors (Lipinski definition) is 1. The Labute approximate surface area is 132 Å². The summed E-state index contributed by atoms with van der Waals surface area (Å²) < 4.78 is 5.17. The highest BCUT2D eigenvalue weighted by Crippen LogP contribution is 2.31. The molecule has 0 atom stereocenters. The van der Waals surface area contributed by atoms with E-state index in [1.54, 1.807) is 11.3 Å². The maximum Gasteiger partial charge on any atom is 0.230 e. The quantitative estimate of drug-likeness (QED) is 0.734. The zero-order valence-electron chi connectivity index (χ0n) is 11.4. The highest BCUT2D eigenvalue weighted by atomic mass is 35.5. The second-order valence-corrected chi connectivity index (χ2v) is 6.28. The molecule has 108 valence electrons. The molecule has 1 aromatic carbocycles. The molecule has 0 saturated carbocycles. The van der Waals surface area contributed by atoms with Crippen LogP contribution in [0.25, 0.3) is 11.1 Å². The minimum atomic E-state index is 0.364. The van der Waals surface area contributed by atoms with Gasteiger partial charge in [-0.15, -0.1) is 11.3 Å². The average molecular weight is 319 g/mol. The van der Waals surface area contributed by atoms with Crippen molar-refractivity contribution in [2.75, 3.05) is 5.73 Å². The first-order chi connectivity index (χ1) is 10.2. The lowest BCUT2D eigenvalue weighted by molar-refractivity contribution is 0.426. The highest BCUT2D eigenvalue weighted by molar-refractivity contribution is 7.09. The SMILES string of the molecule is Nc1onc(CCCc2cccs2)c1-c1ccc(Cl)cc1.